The molecule has 0 fully saturated rings. The van der Waals surface area contributed by atoms with Gasteiger partial charge in [-0.05, 0) is 42.2 Å². The van der Waals surface area contributed by atoms with Crippen LogP contribution in [0.2, 0.25) is 0 Å². The van der Waals surface area contributed by atoms with Crippen LogP contribution in [0.25, 0.3) is 0 Å². The first kappa shape index (κ1) is 19.1. The zero-order valence-corrected chi connectivity index (χ0v) is 17.0. The Hall–Kier alpha value is -3.19. The molecule has 0 saturated carbocycles. The van der Waals surface area contributed by atoms with E-state index < -0.39 is 11.5 Å². The molecular weight excluding hydrogens is 386 g/mol. The van der Waals surface area contributed by atoms with E-state index in [0.717, 1.165) is 11.1 Å². The molecule has 2 N–H and O–H groups in total. The van der Waals surface area contributed by atoms with Gasteiger partial charge in [0, 0.05) is 24.5 Å². The van der Waals surface area contributed by atoms with Crippen LogP contribution in [0.5, 0.6) is 5.75 Å². The fourth-order valence-electron chi connectivity index (χ4n) is 3.99. The Morgan fingerprint density at radius 2 is 1.93 bits per heavy atom. The molecule has 0 radical (unpaired) electrons. The number of anilines is 1. The van der Waals surface area contributed by atoms with Crippen LogP contribution in [-0.4, -0.2) is 24.0 Å². The predicted molar refractivity (Wildman–Crippen MR) is 112 cm³/mol. The van der Waals surface area contributed by atoms with Crippen LogP contribution in [0.15, 0.2) is 60.1 Å². The maximum Gasteiger partial charge on any atom is 0.412 e. The number of nitrogens with one attached hydrogen (secondary N) is 2. The maximum atomic E-state index is 13.3. The van der Waals surface area contributed by atoms with Crippen molar-refractivity contribution in [2.24, 2.45) is 5.41 Å². The van der Waals surface area contributed by atoms with E-state index in [2.05, 4.69) is 27.8 Å². The van der Waals surface area contributed by atoms with Crippen LogP contribution in [0.4, 0.5) is 9.93 Å². The second-order valence-electron chi connectivity index (χ2n) is 7.23. The van der Waals surface area contributed by atoms with E-state index in [1.54, 1.807) is 18.3 Å². The van der Waals surface area contributed by atoms with Crippen LogP contribution in [0.1, 0.15) is 29.5 Å². The van der Waals surface area contributed by atoms with Crippen molar-refractivity contribution in [2.75, 3.05) is 12.4 Å². The van der Waals surface area contributed by atoms with Gasteiger partial charge in [0.15, 0.2) is 5.13 Å². The van der Waals surface area contributed by atoms with Crippen LogP contribution in [0.3, 0.4) is 0 Å². The molecule has 1 aliphatic carbocycles. The van der Waals surface area contributed by atoms with E-state index in [0.29, 0.717) is 17.3 Å². The zero-order valence-electron chi connectivity index (χ0n) is 16.1. The molecule has 2 aromatic carbocycles. The molecule has 0 saturated heterocycles. The van der Waals surface area contributed by atoms with E-state index in [1.165, 1.54) is 23.9 Å². The van der Waals surface area contributed by atoms with Gasteiger partial charge in [-0.3, -0.25) is 4.79 Å². The van der Waals surface area contributed by atoms with E-state index in [4.69, 9.17) is 4.74 Å². The molecule has 7 heteroatoms. The Bertz CT molecular complexity index is 1030. The van der Waals surface area contributed by atoms with Gasteiger partial charge in [0.1, 0.15) is 5.75 Å². The van der Waals surface area contributed by atoms with Crippen LogP contribution in [0, 0.1) is 5.41 Å². The highest BCUT2D eigenvalue weighted by atomic mass is 32.1. The minimum Gasteiger partial charge on any atom is -0.410 e. The molecule has 29 heavy (non-hydrogen) atoms. The molecule has 4 rings (SSSR count). The Morgan fingerprint density at radius 1 is 1.17 bits per heavy atom. The summed E-state index contributed by atoms with van der Waals surface area (Å²) in [6, 6.07) is 15.5. The van der Waals surface area contributed by atoms with Crippen LogP contribution >= 0.6 is 11.3 Å². The van der Waals surface area contributed by atoms with E-state index in [-0.39, 0.29) is 11.8 Å². The Kier molecular flexibility index (Phi) is 5.07. The number of carbonyl (C=O) groups excluding carboxylic acids is 2. The molecule has 6 nitrogen and oxygen atoms in total. The lowest BCUT2D eigenvalue weighted by molar-refractivity contribution is -0.125. The SMILES string of the molecule is CNC(=O)Oc1ccc([C@@H]2c3ccccc3C[C@]2(C)C(=O)Nc2nccs2)cc1. The van der Waals surface area contributed by atoms with Crippen molar-refractivity contribution >= 4 is 28.5 Å². The van der Waals surface area contributed by atoms with Gasteiger partial charge in [-0.25, -0.2) is 9.78 Å². The zero-order chi connectivity index (χ0) is 20.4. The summed E-state index contributed by atoms with van der Waals surface area (Å²) in [5.74, 6) is 0.278. The number of ether oxygens (including phenoxy) is 1. The van der Waals surface area contributed by atoms with E-state index in [9.17, 15) is 9.59 Å². The smallest absolute Gasteiger partial charge is 0.410 e. The first-order valence-electron chi connectivity index (χ1n) is 9.29. The molecule has 1 aromatic heterocycles. The van der Waals surface area contributed by atoms with Crippen LogP contribution < -0.4 is 15.4 Å². The minimum absolute atomic E-state index is 0.0562. The summed E-state index contributed by atoms with van der Waals surface area (Å²) >= 11 is 1.40. The number of carbonyl (C=O) groups is 2. The Balaban J connectivity index is 1.69. The Morgan fingerprint density at radius 3 is 2.62 bits per heavy atom. The highest BCUT2D eigenvalue weighted by Gasteiger charge is 2.48. The molecular formula is C22H21N3O3S. The third-order valence-electron chi connectivity index (χ3n) is 5.36. The second-order valence-corrected chi connectivity index (χ2v) is 8.12. The summed E-state index contributed by atoms with van der Waals surface area (Å²) in [4.78, 5) is 28.9. The number of aromatic nitrogens is 1. The minimum atomic E-state index is -0.668. The number of thiazole rings is 1. The predicted octanol–water partition coefficient (Wildman–Crippen LogP) is 4.19. The van der Waals surface area contributed by atoms with Gasteiger partial charge in [0.25, 0.3) is 0 Å². The lowest BCUT2D eigenvalue weighted by Crippen LogP contribution is -2.37. The van der Waals surface area contributed by atoms with Gasteiger partial charge >= 0.3 is 6.09 Å². The van der Waals surface area contributed by atoms with E-state index >= 15 is 0 Å². The number of amides is 2. The van der Waals surface area contributed by atoms with Crippen molar-refractivity contribution in [1.82, 2.24) is 10.3 Å². The largest absolute Gasteiger partial charge is 0.412 e. The van der Waals surface area contributed by atoms with Crippen molar-refractivity contribution in [2.45, 2.75) is 19.3 Å². The molecule has 2 amide bonds. The van der Waals surface area contributed by atoms with Crippen molar-refractivity contribution in [1.29, 1.82) is 0 Å². The monoisotopic (exact) mass is 407 g/mol. The van der Waals surface area contributed by atoms with Gasteiger partial charge in [-0.15, -0.1) is 11.3 Å². The number of hydrogen-bond acceptors (Lipinski definition) is 5. The number of hydrogen-bond donors (Lipinski definition) is 2. The highest BCUT2D eigenvalue weighted by Crippen LogP contribution is 2.51. The number of nitrogens with zero attached hydrogens (tertiary/aromatic N) is 1. The second kappa shape index (κ2) is 7.67. The van der Waals surface area contributed by atoms with Gasteiger partial charge in [0.2, 0.25) is 5.91 Å². The summed E-state index contributed by atoms with van der Waals surface area (Å²) in [5.41, 5.74) is 2.64. The lowest BCUT2D eigenvalue weighted by Gasteiger charge is -2.31. The van der Waals surface area contributed by atoms with Crippen molar-refractivity contribution < 1.29 is 14.3 Å². The normalized spacial score (nSPS) is 20.0. The fraction of sp³-hybridized carbons (Fsp3) is 0.227. The molecule has 3 aromatic rings. The fourth-order valence-corrected chi connectivity index (χ4v) is 4.51. The third kappa shape index (κ3) is 3.61. The molecule has 1 heterocycles. The average Bonchev–Trinajstić information content (AvgIpc) is 3.34. The third-order valence-corrected chi connectivity index (χ3v) is 6.05. The molecule has 0 spiro atoms. The van der Waals surface area contributed by atoms with Gasteiger partial charge < -0.3 is 15.4 Å². The van der Waals surface area contributed by atoms with Gasteiger partial charge in [-0.2, -0.15) is 0 Å². The summed E-state index contributed by atoms with van der Waals surface area (Å²) in [5, 5.41) is 7.84. The molecule has 148 valence electrons. The lowest BCUT2D eigenvalue weighted by atomic mass is 9.73. The molecule has 0 aliphatic heterocycles. The summed E-state index contributed by atoms with van der Waals surface area (Å²) in [6.45, 7) is 2.00. The molecule has 1 aliphatic rings. The van der Waals surface area contributed by atoms with Gasteiger partial charge in [0.05, 0.1) is 5.41 Å². The molecule has 0 unspecified atom stereocenters. The first-order chi connectivity index (χ1) is 14.0. The average molecular weight is 407 g/mol. The highest BCUT2D eigenvalue weighted by molar-refractivity contribution is 7.13. The summed E-state index contributed by atoms with van der Waals surface area (Å²) in [7, 11) is 1.51. The van der Waals surface area contributed by atoms with E-state index in [1.807, 2.05) is 36.6 Å². The van der Waals surface area contributed by atoms with Crippen molar-refractivity contribution in [3.8, 4) is 5.75 Å². The molecule has 2 atom stereocenters. The summed E-state index contributed by atoms with van der Waals surface area (Å²) < 4.78 is 5.18. The first-order valence-corrected chi connectivity index (χ1v) is 10.2. The standard InChI is InChI=1S/C22H21N3O3S/c1-22(19(26)25-20-24-11-12-29-20)13-15-5-3-4-6-17(15)18(22)14-7-9-16(10-8-14)28-21(27)23-2/h3-12,18H,13H2,1-2H3,(H,23,27)(H,24,25,26)/t18-,22+/m1/s1. The Labute approximate surface area is 172 Å². The molecule has 0 bridgehead atoms. The van der Waals surface area contributed by atoms with Crippen LogP contribution in [-0.2, 0) is 11.2 Å². The number of benzene rings is 2. The quantitative estimate of drug-likeness (QED) is 0.679. The topological polar surface area (TPSA) is 80.3 Å². The van der Waals surface area contributed by atoms with Crippen molar-refractivity contribution in [3.63, 3.8) is 0 Å². The maximum absolute atomic E-state index is 13.3. The summed E-state index contributed by atoms with van der Waals surface area (Å²) in [6.07, 6.45) is 1.80. The number of rotatable bonds is 4. The van der Waals surface area contributed by atoms with Gasteiger partial charge in [-0.1, -0.05) is 36.4 Å². The van der Waals surface area contributed by atoms with Crippen molar-refractivity contribution in [3.05, 3.63) is 76.8 Å². The number of fused-ring (bicyclic) bond motifs is 1.